The average molecular weight is 284 g/mol. The van der Waals surface area contributed by atoms with Crippen LogP contribution in [0, 0.1) is 11.7 Å². The second kappa shape index (κ2) is 4.81. The summed E-state index contributed by atoms with van der Waals surface area (Å²) in [6.07, 6.45) is 1.06. The normalized spacial score (nSPS) is 24.5. The summed E-state index contributed by atoms with van der Waals surface area (Å²) in [6, 6.07) is 10.5. The van der Waals surface area contributed by atoms with E-state index in [-0.39, 0.29) is 11.7 Å². The fraction of sp³-hybridized carbons (Fsp3) is 0.353. The molecule has 108 valence electrons. The summed E-state index contributed by atoms with van der Waals surface area (Å²) in [5.74, 6) is 0.326. The summed E-state index contributed by atoms with van der Waals surface area (Å²) in [5, 5.41) is 4.58. The van der Waals surface area contributed by atoms with Crippen molar-refractivity contribution >= 4 is 16.7 Å². The van der Waals surface area contributed by atoms with Crippen molar-refractivity contribution in [1.29, 1.82) is 0 Å². The van der Waals surface area contributed by atoms with Crippen molar-refractivity contribution in [2.45, 2.75) is 12.5 Å². The van der Waals surface area contributed by atoms with E-state index in [9.17, 15) is 9.18 Å². The van der Waals surface area contributed by atoms with Crippen LogP contribution in [0.15, 0.2) is 36.4 Å². The first-order chi connectivity index (χ1) is 10.3. The van der Waals surface area contributed by atoms with Crippen molar-refractivity contribution in [2.24, 2.45) is 5.92 Å². The molecule has 2 heterocycles. The SMILES string of the molecule is O=C(c1ccc(F)c2ccccc12)N1CC[C@H]2CNC[C@H]21. The molecule has 4 heteroatoms. The van der Waals surface area contributed by atoms with E-state index < -0.39 is 0 Å². The molecule has 2 fully saturated rings. The van der Waals surface area contributed by atoms with Crippen molar-refractivity contribution < 1.29 is 9.18 Å². The maximum Gasteiger partial charge on any atom is 0.254 e. The van der Waals surface area contributed by atoms with Crippen LogP contribution in [0.1, 0.15) is 16.8 Å². The Hall–Kier alpha value is -1.94. The Morgan fingerprint density at radius 3 is 2.81 bits per heavy atom. The number of nitrogens with zero attached hydrogens (tertiary/aromatic N) is 1. The average Bonchev–Trinajstić information content (AvgIpc) is 3.10. The highest BCUT2D eigenvalue weighted by Crippen LogP contribution is 2.30. The third-order valence-electron chi connectivity index (χ3n) is 4.81. The number of nitrogens with one attached hydrogen (secondary N) is 1. The zero-order valence-corrected chi connectivity index (χ0v) is 11.7. The first-order valence-corrected chi connectivity index (χ1v) is 7.44. The number of hydrogen-bond acceptors (Lipinski definition) is 2. The van der Waals surface area contributed by atoms with Crippen LogP contribution in [0.25, 0.3) is 10.8 Å². The van der Waals surface area contributed by atoms with E-state index >= 15 is 0 Å². The van der Waals surface area contributed by atoms with Crippen LogP contribution in [0.4, 0.5) is 4.39 Å². The number of rotatable bonds is 1. The Morgan fingerprint density at radius 1 is 1.14 bits per heavy atom. The van der Waals surface area contributed by atoms with Gasteiger partial charge in [0.2, 0.25) is 0 Å². The van der Waals surface area contributed by atoms with Crippen molar-refractivity contribution in [3.8, 4) is 0 Å². The van der Waals surface area contributed by atoms with Crippen LogP contribution in [0.3, 0.4) is 0 Å². The van der Waals surface area contributed by atoms with Crippen LogP contribution in [0.5, 0.6) is 0 Å². The van der Waals surface area contributed by atoms with Gasteiger partial charge in [-0.1, -0.05) is 24.3 Å². The second-order valence-electron chi connectivity index (χ2n) is 5.91. The molecule has 0 spiro atoms. The van der Waals surface area contributed by atoms with E-state index in [1.807, 2.05) is 17.0 Å². The van der Waals surface area contributed by atoms with Gasteiger partial charge in [0.25, 0.3) is 5.91 Å². The largest absolute Gasteiger partial charge is 0.334 e. The molecule has 0 aliphatic carbocycles. The van der Waals surface area contributed by atoms with E-state index in [0.29, 0.717) is 28.3 Å². The zero-order chi connectivity index (χ0) is 14.4. The number of amides is 1. The van der Waals surface area contributed by atoms with Crippen LogP contribution in [-0.4, -0.2) is 36.5 Å². The molecule has 2 aliphatic heterocycles. The van der Waals surface area contributed by atoms with Crippen LogP contribution in [-0.2, 0) is 0 Å². The summed E-state index contributed by atoms with van der Waals surface area (Å²) in [5.41, 5.74) is 0.611. The first-order valence-electron chi connectivity index (χ1n) is 7.44. The van der Waals surface area contributed by atoms with Gasteiger partial charge < -0.3 is 10.2 Å². The van der Waals surface area contributed by atoms with Crippen molar-refractivity contribution in [2.75, 3.05) is 19.6 Å². The van der Waals surface area contributed by atoms with E-state index in [1.165, 1.54) is 6.07 Å². The highest BCUT2D eigenvalue weighted by molar-refractivity contribution is 6.07. The quantitative estimate of drug-likeness (QED) is 0.872. The fourth-order valence-electron chi connectivity index (χ4n) is 3.70. The minimum absolute atomic E-state index is 0.0300. The molecule has 0 bridgehead atoms. The Balaban J connectivity index is 1.76. The highest BCUT2D eigenvalue weighted by atomic mass is 19.1. The van der Waals surface area contributed by atoms with Crippen LogP contribution >= 0.6 is 0 Å². The molecule has 2 aromatic rings. The Labute approximate surface area is 122 Å². The molecule has 0 radical (unpaired) electrons. The standard InChI is InChI=1S/C17H17FN2O/c18-15-6-5-14(12-3-1-2-4-13(12)15)17(21)20-8-7-11-9-19-10-16(11)20/h1-6,11,16,19H,7-10H2/t11-,16+/m0/s1. The van der Waals surface area contributed by atoms with Crippen molar-refractivity contribution in [1.82, 2.24) is 10.2 Å². The second-order valence-corrected chi connectivity index (χ2v) is 5.91. The lowest BCUT2D eigenvalue weighted by Crippen LogP contribution is -2.39. The van der Waals surface area contributed by atoms with Gasteiger partial charge in [0.05, 0.1) is 0 Å². The van der Waals surface area contributed by atoms with E-state index in [1.54, 1.807) is 18.2 Å². The van der Waals surface area contributed by atoms with Gasteiger partial charge in [0, 0.05) is 36.6 Å². The Kier molecular flexibility index (Phi) is 2.93. The monoisotopic (exact) mass is 284 g/mol. The molecule has 0 unspecified atom stereocenters. The third kappa shape index (κ3) is 1.94. The van der Waals surface area contributed by atoms with E-state index in [2.05, 4.69) is 5.32 Å². The summed E-state index contributed by atoms with van der Waals surface area (Å²) in [6.45, 7) is 2.68. The van der Waals surface area contributed by atoms with Gasteiger partial charge in [-0.2, -0.15) is 0 Å². The smallest absolute Gasteiger partial charge is 0.254 e. The lowest BCUT2D eigenvalue weighted by molar-refractivity contribution is 0.0739. The highest BCUT2D eigenvalue weighted by Gasteiger charge is 2.40. The minimum atomic E-state index is -0.274. The Bertz CT molecular complexity index is 715. The first kappa shape index (κ1) is 12.8. The molecule has 0 saturated carbocycles. The van der Waals surface area contributed by atoms with Gasteiger partial charge in [-0.3, -0.25) is 4.79 Å². The number of carbonyl (C=O) groups excluding carboxylic acids is 1. The zero-order valence-electron chi connectivity index (χ0n) is 11.7. The molecule has 3 nitrogen and oxygen atoms in total. The van der Waals surface area contributed by atoms with E-state index in [4.69, 9.17) is 0 Å². The molecule has 1 N–H and O–H groups in total. The number of likely N-dealkylation sites (tertiary alicyclic amines) is 1. The lowest BCUT2D eigenvalue weighted by Gasteiger charge is -2.24. The number of fused-ring (bicyclic) bond motifs is 2. The molecule has 4 rings (SSSR count). The topological polar surface area (TPSA) is 32.3 Å². The molecule has 2 saturated heterocycles. The predicted octanol–water partition coefficient (Wildman–Crippen LogP) is 2.41. The van der Waals surface area contributed by atoms with Crippen LogP contribution in [0.2, 0.25) is 0 Å². The minimum Gasteiger partial charge on any atom is -0.334 e. The maximum atomic E-state index is 13.9. The summed E-state index contributed by atoms with van der Waals surface area (Å²) in [4.78, 5) is 14.9. The van der Waals surface area contributed by atoms with Gasteiger partial charge in [-0.15, -0.1) is 0 Å². The number of hydrogen-bond donors (Lipinski definition) is 1. The molecular weight excluding hydrogens is 267 g/mol. The van der Waals surface area contributed by atoms with Gasteiger partial charge in [0.15, 0.2) is 0 Å². The van der Waals surface area contributed by atoms with Gasteiger partial charge >= 0.3 is 0 Å². The third-order valence-corrected chi connectivity index (χ3v) is 4.81. The molecule has 2 atom stereocenters. The summed E-state index contributed by atoms with van der Waals surface area (Å²) in [7, 11) is 0. The molecule has 21 heavy (non-hydrogen) atoms. The van der Waals surface area contributed by atoms with Crippen molar-refractivity contribution in [3.05, 3.63) is 47.8 Å². The van der Waals surface area contributed by atoms with Gasteiger partial charge in [0.1, 0.15) is 5.82 Å². The van der Waals surface area contributed by atoms with Crippen molar-refractivity contribution in [3.63, 3.8) is 0 Å². The van der Waals surface area contributed by atoms with Gasteiger partial charge in [-0.25, -0.2) is 4.39 Å². The summed E-state index contributed by atoms with van der Waals surface area (Å²) < 4.78 is 13.9. The Morgan fingerprint density at radius 2 is 1.95 bits per heavy atom. The van der Waals surface area contributed by atoms with Crippen LogP contribution < -0.4 is 5.32 Å². The molecule has 0 aromatic heterocycles. The number of halogens is 1. The maximum absolute atomic E-state index is 13.9. The molecular formula is C17H17FN2O. The molecule has 1 amide bonds. The molecule has 2 aromatic carbocycles. The van der Waals surface area contributed by atoms with Gasteiger partial charge in [-0.05, 0) is 29.9 Å². The number of benzene rings is 2. The number of carbonyl (C=O) groups is 1. The van der Waals surface area contributed by atoms with E-state index in [0.717, 1.165) is 26.1 Å². The summed E-state index contributed by atoms with van der Waals surface area (Å²) >= 11 is 0. The predicted molar refractivity (Wildman–Crippen MR) is 79.7 cm³/mol. The lowest BCUT2D eigenvalue weighted by atomic mass is 10.0. The molecule has 2 aliphatic rings. The fourth-order valence-corrected chi connectivity index (χ4v) is 3.70.